The molecule has 2 aromatic carbocycles. The molecule has 0 fully saturated rings. The maximum Gasteiger partial charge on any atom is 0.248 e. The molecule has 0 atom stereocenters. The second-order valence-electron chi connectivity index (χ2n) is 7.08. The maximum absolute atomic E-state index is 12.6. The molecule has 0 radical (unpaired) electrons. The van der Waals surface area contributed by atoms with E-state index in [2.05, 4.69) is 10.3 Å². The van der Waals surface area contributed by atoms with Crippen LogP contribution in [0.25, 0.3) is 23.0 Å². The summed E-state index contributed by atoms with van der Waals surface area (Å²) in [5.74, 6) is 0.912. The molecule has 7 nitrogen and oxygen atoms in total. The topological polar surface area (TPSA) is 78.3 Å². The number of anilines is 1. The largest absolute Gasteiger partial charge is 0.493 e. The van der Waals surface area contributed by atoms with Gasteiger partial charge in [0.2, 0.25) is 5.91 Å². The molecule has 0 unspecified atom stereocenters. The van der Waals surface area contributed by atoms with Crippen LogP contribution in [0.3, 0.4) is 0 Å². The summed E-state index contributed by atoms with van der Waals surface area (Å²) in [7, 11) is 1.56. The lowest BCUT2D eigenvalue weighted by molar-refractivity contribution is -0.111. The third-order valence-corrected chi connectivity index (χ3v) is 4.84. The molecule has 33 heavy (non-hydrogen) atoms. The lowest BCUT2D eigenvalue weighted by Gasteiger charge is -2.11. The Balaban J connectivity index is 1.58. The van der Waals surface area contributed by atoms with Crippen molar-refractivity contribution in [1.29, 1.82) is 0 Å². The van der Waals surface area contributed by atoms with E-state index in [4.69, 9.17) is 14.6 Å². The van der Waals surface area contributed by atoms with Gasteiger partial charge in [-0.05, 0) is 49.4 Å². The zero-order valence-electron chi connectivity index (χ0n) is 18.4. The van der Waals surface area contributed by atoms with E-state index in [9.17, 15) is 4.79 Å². The average molecular weight is 441 g/mol. The van der Waals surface area contributed by atoms with Gasteiger partial charge in [-0.15, -0.1) is 0 Å². The summed E-state index contributed by atoms with van der Waals surface area (Å²) in [6.07, 6.45) is 8.58. The Bertz CT molecular complexity index is 1250. The molecule has 0 aliphatic carbocycles. The molecule has 0 saturated heterocycles. The van der Waals surface area contributed by atoms with Crippen molar-refractivity contribution in [1.82, 2.24) is 14.8 Å². The molecular weight excluding hydrogens is 416 g/mol. The Labute approximate surface area is 192 Å². The SMILES string of the molecule is CCOc1ccc(NC(=O)/C=C/c2cn(-c3ccccc3)nc2-c2cccnc2)cc1OC. The number of nitrogens with zero attached hydrogens (tertiary/aromatic N) is 3. The number of aromatic nitrogens is 3. The minimum Gasteiger partial charge on any atom is -0.493 e. The Hall–Kier alpha value is -4.39. The summed E-state index contributed by atoms with van der Waals surface area (Å²) in [5, 5.41) is 7.58. The molecule has 4 aromatic rings. The van der Waals surface area contributed by atoms with Gasteiger partial charge >= 0.3 is 0 Å². The molecule has 166 valence electrons. The number of carbonyl (C=O) groups is 1. The molecule has 2 heterocycles. The first-order chi connectivity index (χ1) is 16.2. The highest BCUT2D eigenvalue weighted by atomic mass is 16.5. The predicted molar refractivity (Wildman–Crippen MR) is 129 cm³/mol. The van der Waals surface area contributed by atoms with E-state index in [1.54, 1.807) is 48.5 Å². The molecule has 0 aliphatic heterocycles. The average Bonchev–Trinajstić information content (AvgIpc) is 3.29. The summed E-state index contributed by atoms with van der Waals surface area (Å²) < 4.78 is 12.7. The van der Waals surface area contributed by atoms with E-state index in [-0.39, 0.29) is 5.91 Å². The van der Waals surface area contributed by atoms with Gasteiger partial charge in [0.15, 0.2) is 11.5 Å². The number of para-hydroxylation sites is 1. The number of benzene rings is 2. The Kier molecular flexibility index (Phi) is 6.80. The summed E-state index contributed by atoms with van der Waals surface area (Å²) in [6.45, 7) is 2.43. The van der Waals surface area contributed by atoms with Crippen LogP contribution in [-0.4, -0.2) is 34.4 Å². The first kappa shape index (κ1) is 21.8. The lowest BCUT2D eigenvalue weighted by atomic mass is 10.1. The van der Waals surface area contributed by atoms with Crippen molar-refractivity contribution in [2.24, 2.45) is 0 Å². The molecule has 0 spiro atoms. The van der Waals surface area contributed by atoms with Crippen molar-refractivity contribution in [2.45, 2.75) is 6.92 Å². The molecular formula is C26H24N4O3. The fraction of sp³-hybridized carbons (Fsp3) is 0.115. The zero-order valence-corrected chi connectivity index (χ0v) is 18.4. The summed E-state index contributed by atoms with van der Waals surface area (Å²) >= 11 is 0. The number of carbonyl (C=O) groups excluding carboxylic acids is 1. The number of pyridine rings is 1. The third kappa shape index (κ3) is 5.27. The molecule has 0 saturated carbocycles. The normalized spacial score (nSPS) is 10.8. The predicted octanol–water partition coefficient (Wildman–Crippen LogP) is 4.99. The highest BCUT2D eigenvalue weighted by Crippen LogP contribution is 2.30. The van der Waals surface area contributed by atoms with Gasteiger partial charge in [-0.2, -0.15) is 5.10 Å². The summed E-state index contributed by atoms with van der Waals surface area (Å²) in [4.78, 5) is 16.8. The quantitative estimate of drug-likeness (QED) is 0.391. The number of methoxy groups -OCH3 is 1. The van der Waals surface area contributed by atoms with Crippen LogP contribution in [0.2, 0.25) is 0 Å². The minimum atomic E-state index is -0.272. The van der Waals surface area contributed by atoms with Gasteiger partial charge in [0.25, 0.3) is 0 Å². The number of ether oxygens (including phenoxy) is 2. The van der Waals surface area contributed by atoms with Gasteiger partial charge in [-0.3, -0.25) is 9.78 Å². The Morgan fingerprint density at radius 3 is 2.67 bits per heavy atom. The summed E-state index contributed by atoms with van der Waals surface area (Å²) in [5.41, 5.74) is 3.93. The van der Waals surface area contributed by atoms with Crippen LogP contribution < -0.4 is 14.8 Å². The van der Waals surface area contributed by atoms with Gasteiger partial charge in [-0.1, -0.05) is 18.2 Å². The number of hydrogen-bond donors (Lipinski definition) is 1. The van der Waals surface area contributed by atoms with E-state index < -0.39 is 0 Å². The molecule has 7 heteroatoms. The molecule has 1 N–H and O–H groups in total. The number of hydrogen-bond acceptors (Lipinski definition) is 5. The van der Waals surface area contributed by atoms with Crippen molar-refractivity contribution in [3.8, 4) is 28.4 Å². The van der Waals surface area contributed by atoms with Crippen LogP contribution in [0.15, 0.2) is 85.3 Å². The number of nitrogens with one attached hydrogen (secondary N) is 1. The maximum atomic E-state index is 12.6. The number of amides is 1. The Morgan fingerprint density at radius 2 is 1.94 bits per heavy atom. The highest BCUT2D eigenvalue weighted by Gasteiger charge is 2.12. The van der Waals surface area contributed by atoms with Crippen LogP contribution in [0.4, 0.5) is 5.69 Å². The minimum absolute atomic E-state index is 0.272. The molecule has 4 rings (SSSR count). The van der Waals surface area contributed by atoms with Crippen molar-refractivity contribution >= 4 is 17.7 Å². The standard InChI is InChI=1S/C26H24N4O3/c1-3-33-23-13-12-21(16-24(23)32-2)28-25(31)14-11-20-18-30(22-9-5-4-6-10-22)29-26(20)19-8-7-15-27-17-19/h4-18H,3H2,1-2H3,(H,28,31)/b14-11+. The first-order valence-electron chi connectivity index (χ1n) is 10.5. The van der Waals surface area contributed by atoms with Crippen LogP contribution in [0, 0.1) is 0 Å². The zero-order chi connectivity index (χ0) is 23.0. The van der Waals surface area contributed by atoms with Crippen LogP contribution in [-0.2, 0) is 4.79 Å². The molecule has 1 amide bonds. The molecule has 0 bridgehead atoms. The third-order valence-electron chi connectivity index (χ3n) is 4.84. The van der Waals surface area contributed by atoms with E-state index in [0.717, 1.165) is 22.5 Å². The monoisotopic (exact) mass is 440 g/mol. The van der Waals surface area contributed by atoms with E-state index in [1.165, 1.54) is 6.08 Å². The first-order valence-corrected chi connectivity index (χ1v) is 10.5. The van der Waals surface area contributed by atoms with Crippen molar-refractivity contribution < 1.29 is 14.3 Å². The molecule has 0 aliphatic rings. The van der Waals surface area contributed by atoms with Crippen molar-refractivity contribution in [3.05, 3.63) is 90.9 Å². The fourth-order valence-electron chi connectivity index (χ4n) is 3.32. The highest BCUT2D eigenvalue weighted by molar-refractivity contribution is 6.02. The van der Waals surface area contributed by atoms with E-state index in [0.29, 0.717) is 23.8 Å². The van der Waals surface area contributed by atoms with E-state index >= 15 is 0 Å². The van der Waals surface area contributed by atoms with Gasteiger partial charge in [0.05, 0.1) is 19.4 Å². The van der Waals surface area contributed by atoms with Crippen molar-refractivity contribution in [2.75, 3.05) is 19.0 Å². The van der Waals surface area contributed by atoms with Crippen molar-refractivity contribution in [3.63, 3.8) is 0 Å². The van der Waals surface area contributed by atoms with Gasteiger partial charge < -0.3 is 14.8 Å². The second kappa shape index (κ2) is 10.3. The molecule has 2 aromatic heterocycles. The van der Waals surface area contributed by atoms with Gasteiger partial charge in [0.1, 0.15) is 5.69 Å². The van der Waals surface area contributed by atoms with Crippen LogP contribution >= 0.6 is 0 Å². The fourth-order valence-corrected chi connectivity index (χ4v) is 3.32. The lowest BCUT2D eigenvalue weighted by Crippen LogP contribution is -2.08. The smallest absolute Gasteiger partial charge is 0.248 e. The second-order valence-corrected chi connectivity index (χ2v) is 7.08. The van der Waals surface area contributed by atoms with E-state index in [1.807, 2.05) is 55.6 Å². The van der Waals surface area contributed by atoms with Gasteiger partial charge in [-0.25, -0.2) is 4.68 Å². The van der Waals surface area contributed by atoms with Crippen LogP contribution in [0.5, 0.6) is 11.5 Å². The summed E-state index contributed by atoms with van der Waals surface area (Å²) in [6, 6.07) is 18.9. The van der Waals surface area contributed by atoms with Crippen LogP contribution in [0.1, 0.15) is 12.5 Å². The van der Waals surface area contributed by atoms with Gasteiger partial charge in [0, 0.05) is 47.5 Å². The Morgan fingerprint density at radius 1 is 1.09 bits per heavy atom. The number of rotatable bonds is 8.